The van der Waals surface area contributed by atoms with Crippen LogP contribution in [0.15, 0.2) is 77.7 Å². The molecule has 0 aliphatic rings. The number of hydrogen-bond donors (Lipinski definition) is 1. The normalized spacial score (nSPS) is 10.9. The van der Waals surface area contributed by atoms with E-state index in [4.69, 9.17) is 4.74 Å². The maximum atomic E-state index is 13.3. The number of benzene rings is 2. The number of methoxy groups -OCH3 is 1. The van der Waals surface area contributed by atoms with Gasteiger partial charge >= 0.3 is 0 Å². The third-order valence-corrected chi connectivity index (χ3v) is 4.63. The van der Waals surface area contributed by atoms with Gasteiger partial charge in [-0.3, -0.25) is 14.3 Å². The van der Waals surface area contributed by atoms with Crippen LogP contribution in [0.3, 0.4) is 0 Å². The van der Waals surface area contributed by atoms with Gasteiger partial charge in [0.05, 0.1) is 23.1 Å². The zero-order valence-corrected chi connectivity index (χ0v) is 15.8. The number of nitrogens with one attached hydrogen (secondary N) is 1. The van der Waals surface area contributed by atoms with Crippen LogP contribution < -0.4 is 10.7 Å². The average molecular weight is 371 g/mol. The Bertz CT molecular complexity index is 1170. The van der Waals surface area contributed by atoms with Crippen LogP contribution in [-0.2, 0) is 11.3 Å². The van der Waals surface area contributed by atoms with Gasteiger partial charge < -0.3 is 10.1 Å². The summed E-state index contributed by atoms with van der Waals surface area (Å²) in [5.41, 5.74) is 4.00. The van der Waals surface area contributed by atoms with Crippen LogP contribution in [0.25, 0.3) is 16.6 Å². The molecule has 2 aromatic heterocycles. The van der Waals surface area contributed by atoms with E-state index in [0.29, 0.717) is 16.8 Å². The summed E-state index contributed by atoms with van der Waals surface area (Å²) >= 11 is 0. The largest absolute Gasteiger partial charge is 0.380 e. The molecule has 0 aliphatic heterocycles. The van der Waals surface area contributed by atoms with Crippen molar-refractivity contribution in [1.29, 1.82) is 0 Å². The zero-order valence-electron chi connectivity index (χ0n) is 15.8. The van der Waals surface area contributed by atoms with Crippen molar-refractivity contribution in [1.82, 2.24) is 9.55 Å². The van der Waals surface area contributed by atoms with Crippen molar-refractivity contribution in [2.24, 2.45) is 0 Å². The van der Waals surface area contributed by atoms with Gasteiger partial charge in [0.2, 0.25) is 0 Å². The minimum atomic E-state index is -0.0741. The maximum Gasteiger partial charge on any atom is 0.198 e. The number of nitrogens with zero attached hydrogens (tertiary/aromatic N) is 2. The van der Waals surface area contributed by atoms with E-state index in [-0.39, 0.29) is 12.0 Å². The molecule has 2 aromatic carbocycles. The number of aromatic nitrogens is 2. The molecule has 0 radical (unpaired) electrons. The number of anilines is 2. The van der Waals surface area contributed by atoms with Crippen molar-refractivity contribution in [2.45, 2.75) is 13.5 Å². The Morgan fingerprint density at radius 1 is 1.04 bits per heavy atom. The van der Waals surface area contributed by atoms with Gasteiger partial charge in [-0.2, -0.15) is 0 Å². The second-order valence-electron chi connectivity index (χ2n) is 6.59. The smallest absolute Gasteiger partial charge is 0.198 e. The first-order valence-corrected chi connectivity index (χ1v) is 9.09. The lowest BCUT2D eigenvalue weighted by Crippen LogP contribution is -2.20. The predicted molar refractivity (Wildman–Crippen MR) is 113 cm³/mol. The highest BCUT2D eigenvalue weighted by atomic mass is 16.5. The molecule has 1 N–H and O–H groups in total. The summed E-state index contributed by atoms with van der Waals surface area (Å²) in [6.45, 7) is 2.12. The number of pyridine rings is 2. The molecule has 0 amide bonds. The number of fused-ring (bicyclic) bond motifs is 1. The fraction of sp³-hybridized carbons (Fsp3) is 0.130. The molecule has 0 saturated heterocycles. The van der Waals surface area contributed by atoms with Gasteiger partial charge in [-0.05, 0) is 37.3 Å². The zero-order chi connectivity index (χ0) is 19.5. The van der Waals surface area contributed by atoms with Crippen LogP contribution in [0.2, 0.25) is 0 Å². The first kappa shape index (κ1) is 17.9. The molecule has 28 heavy (non-hydrogen) atoms. The summed E-state index contributed by atoms with van der Waals surface area (Å²) in [5.74, 6) is 0.697. The van der Waals surface area contributed by atoms with Gasteiger partial charge in [-0.25, -0.2) is 0 Å². The monoisotopic (exact) mass is 371 g/mol. The van der Waals surface area contributed by atoms with Crippen LogP contribution >= 0.6 is 0 Å². The van der Waals surface area contributed by atoms with Crippen LogP contribution in [-0.4, -0.2) is 16.7 Å². The second kappa shape index (κ2) is 7.66. The Labute approximate surface area is 163 Å². The van der Waals surface area contributed by atoms with E-state index in [1.54, 1.807) is 13.3 Å². The molecule has 0 fully saturated rings. The third-order valence-electron chi connectivity index (χ3n) is 4.63. The summed E-state index contributed by atoms with van der Waals surface area (Å²) in [6, 6.07) is 21.7. The van der Waals surface area contributed by atoms with E-state index in [9.17, 15) is 4.79 Å². The molecule has 0 spiro atoms. The Kier molecular flexibility index (Phi) is 4.91. The van der Waals surface area contributed by atoms with Gasteiger partial charge in [0.1, 0.15) is 5.82 Å². The molecular formula is C23H21N3O2. The number of ether oxygens (including phenoxy) is 1. The molecule has 0 atom stereocenters. The Morgan fingerprint density at radius 3 is 2.39 bits per heavy atom. The highest BCUT2D eigenvalue weighted by molar-refractivity contribution is 5.85. The number of rotatable bonds is 5. The second-order valence-corrected chi connectivity index (χ2v) is 6.59. The molecule has 4 rings (SSSR count). The van der Waals surface area contributed by atoms with Crippen molar-refractivity contribution in [2.75, 3.05) is 12.4 Å². The molecule has 0 aliphatic carbocycles. The number of aryl methyl sites for hydroxylation is 1. The summed E-state index contributed by atoms with van der Waals surface area (Å²) in [4.78, 5) is 17.6. The first-order chi connectivity index (χ1) is 13.7. The summed E-state index contributed by atoms with van der Waals surface area (Å²) < 4.78 is 7.44. The first-order valence-electron chi connectivity index (χ1n) is 9.09. The molecule has 5 heteroatoms. The van der Waals surface area contributed by atoms with Gasteiger partial charge in [0.25, 0.3) is 0 Å². The van der Waals surface area contributed by atoms with Crippen molar-refractivity contribution >= 4 is 22.4 Å². The molecule has 0 saturated carbocycles. The molecule has 140 valence electrons. The van der Waals surface area contributed by atoms with E-state index in [0.717, 1.165) is 22.6 Å². The van der Waals surface area contributed by atoms with E-state index < -0.39 is 0 Å². The average Bonchev–Trinajstić information content (AvgIpc) is 2.72. The van der Waals surface area contributed by atoms with E-state index in [1.165, 1.54) is 0 Å². The Balaban J connectivity index is 2.11. The SMILES string of the molecule is COCc1c(Nc2ccccc2)n(-c2ccccc2)c2cc(C)ncc2c1=O. The lowest BCUT2D eigenvalue weighted by atomic mass is 10.1. The molecule has 2 heterocycles. The van der Waals surface area contributed by atoms with Gasteiger partial charge in [0, 0.05) is 30.4 Å². The quantitative estimate of drug-likeness (QED) is 0.558. The number of para-hydroxylation sites is 2. The van der Waals surface area contributed by atoms with Crippen LogP contribution in [0.4, 0.5) is 11.5 Å². The van der Waals surface area contributed by atoms with Crippen LogP contribution in [0, 0.1) is 6.92 Å². The maximum absolute atomic E-state index is 13.3. The molecule has 0 unspecified atom stereocenters. The van der Waals surface area contributed by atoms with Crippen molar-refractivity contribution in [3.05, 3.63) is 94.4 Å². The van der Waals surface area contributed by atoms with Crippen molar-refractivity contribution in [3.63, 3.8) is 0 Å². The molecular weight excluding hydrogens is 350 g/mol. The summed E-state index contributed by atoms with van der Waals surface area (Å²) in [6.07, 6.45) is 1.65. The lowest BCUT2D eigenvalue weighted by molar-refractivity contribution is 0.184. The Morgan fingerprint density at radius 2 is 1.71 bits per heavy atom. The summed E-state index contributed by atoms with van der Waals surface area (Å²) in [5, 5.41) is 4.01. The van der Waals surface area contributed by atoms with Crippen molar-refractivity contribution in [3.8, 4) is 5.69 Å². The summed E-state index contributed by atoms with van der Waals surface area (Å²) in [7, 11) is 1.59. The van der Waals surface area contributed by atoms with Crippen LogP contribution in [0.1, 0.15) is 11.3 Å². The lowest BCUT2D eigenvalue weighted by Gasteiger charge is -2.22. The topological polar surface area (TPSA) is 56.1 Å². The fourth-order valence-corrected chi connectivity index (χ4v) is 3.34. The minimum absolute atomic E-state index is 0.0741. The third kappa shape index (κ3) is 3.28. The molecule has 5 nitrogen and oxygen atoms in total. The van der Waals surface area contributed by atoms with Gasteiger partial charge in [0.15, 0.2) is 5.43 Å². The van der Waals surface area contributed by atoms with Crippen LogP contribution in [0.5, 0.6) is 0 Å². The van der Waals surface area contributed by atoms with E-state index in [2.05, 4.69) is 14.9 Å². The molecule has 0 bridgehead atoms. The standard InChI is InChI=1S/C23H21N3O2/c1-16-13-21-19(14-24-16)22(27)20(15-28-2)23(25-17-9-5-3-6-10-17)26(21)18-11-7-4-8-12-18/h3-14,25H,15H2,1-2H3. The van der Waals surface area contributed by atoms with E-state index >= 15 is 0 Å². The minimum Gasteiger partial charge on any atom is -0.380 e. The number of hydrogen-bond acceptors (Lipinski definition) is 4. The van der Waals surface area contributed by atoms with Gasteiger partial charge in [-0.1, -0.05) is 36.4 Å². The highest BCUT2D eigenvalue weighted by Crippen LogP contribution is 2.28. The van der Waals surface area contributed by atoms with Crippen molar-refractivity contribution < 1.29 is 4.74 Å². The van der Waals surface area contributed by atoms with Gasteiger partial charge in [-0.15, -0.1) is 0 Å². The molecule has 4 aromatic rings. The highest BCUT2D eigenvalue weighted by Gasteiger charge is 2.19. The van der Waals surface area contributed by atoms with E-state index in [1.807, 2.05) is 73.7 Å². The Hall–Kier alpha value is -3.44. The fourth-order valence-electron chi connectivity index (χ4n) is 3.34. The predicted octanol–water partition coefficient (Wildman–Crippen LogP) is 4.58.